The highest BCUT2D eigenvalue weighted by molar-refractivity contribution is 7.98. The Morgan fingerprint density at radius 3 is 2.32 bits per heavy atom. The van der Waals surface area contributed by atoms with Crippen molar-refractivity contribution in [1.82, 2.24) is 15.1 Å². The van der Waals surface area contributed by atoms with E-state index in [0.29, 0.717) is 43.9 Å². The minimum absolute atomic E-state index is 0.0536. The third kappa shape index (κ3) is 6.72. The van der Waals surface area contributed by atoms with Crippen molar-refractivity contribution in [3.05, 3.63) is 65.5 Å². The average molecular weight is 488 g/mol. The van der Waals surface area contributed by atoms with Crippen molar-refractivity contribution in [2.24, 2.45) is 0 Å². The van der Waals surface area contributed by atoms with E-state index in [1.54, 1.807) is 58.0 Å². The van der Waals surface area contributed by atoms with E-state index in [9.17, 15) is 18.8 Å². The van der Waals surface area contributed by atoms with Gasteiger partial charge in [-0.1, -0.05) is 24.3 Å². The zero-order chi connectivity index (χ0) is 24.5. The molecule has 182 valence electrons. The Balaban J connectivity index is 1.59. The second-order valence-corrected chi connectivity index (χ2v) is 9.00. The normalized spacial score (nSPS) is 14.4. The molecule has 0 aliphatic carbocycles. The molecule has 0 saturated carbocycles. The quantitative estimate of drug-likeness (QED) is 0.588. The Labute approximate surface area is 203 Å². The maximum absolute atomic E-state index is 13.3. The number of nitrogens with one attached hydrogen (secondary N) is 1. The number of ether oxygens (including phenoxy) is 1. The summed E-state index contributed by atoms with van der Waals surface area (Å²) in [5, 5.41) is 2.88. The fraction of sp³-hybridized carbons (Fsp3) is 0.400. The largest absolute Gasteiger partial charge is 0.496 e. The molecule has 3 rings (SSSR count). The molecule has 1 heterocycles. The predicted octanol–water partition coefficient (Wildman–Crippen LogP) is 2.60. The summed E-state index contributed by atoms with van der Waals surface area (Å²) >= 11 is 1.61. The van der Waals surface area contributed by atoms with E-state index in [0.717, 1.165) is 11.3 Å². The molecule has 0 spiro atoms. The van der Waals surface area contributed by atoms with Crippen molar-refractivity contribution < 1.29 is 23.5 Å². The Hall–Kier alpha value is -3.07. The van der Waals surface area contributed by atoms with Gasteiger partial charge in [0.25, 0.3) is 5.91 Å². The van der Waals surface area contributed by atoms with Gasteiger partial charge in [0.05, 0.1) is 19.1 Å². The van der Waals surface area contributed by atoms with Gasteiger partial charge in [-0.25, -0.2) is 4.39 Å². The first kappa shape index (κ1) is 25.6. The highest BCUT2D eigenvalue weighted by atomic mass is 32.2. The molecule has 3 amide bonds. The van der Waals surface area contributed by atoms with Gasteiger partial charge < -0.3 is 19.9 Å². The second-order valence-electron chi connectivity index (χ2n) is 8.02. The highest BCUT2D eigenvalue weighted by Crippen LogP contribution is 2.18. The van der Waals surface area contributed by atoms with Crippen molar-refractivity contribution in [2.75, 3.05) is 45.3 Å². The molecule has 2 aromatic rings. The molecule has 1 aliphatic heterocycles. The van der Waals surface area contributed by atoms with Crippen molar-refractivity contribution in [3.63, 3.8) is 0 Å². The van der Waals surface area contributed by atoms with Crippen LogP contribution in [0.1, 0.15) is 22.3 Å². The van der Waals surface area contributed by atoms with Crippen molar-refractivity contribution in [3.8, 4) is 5.75 Å². The topological polar surface area (TPSA) is 79.0 Å². The molecular weight excluding hydrogens is 457 g/mol. The Morgan fingerprint density at radius 1 is 1.03 bits per heavy atom. The fourth-order valence-electron chi connectivity index (χ4n) is 3.85. The second kappa shape index (κ2) is 12.4. The average Bonchev–Trinajstić information content (AvgIpc) is 2.87. The molecular formula is C25H30FN3O4S. The number of methoxy groups -OCH3 is 1. The summed E-state index contributed by atoms with van der Waals surface area (Å²) in [4.78, 5) is 42.2. The Bertz CT molecular complexity index is 994. The molecule has 0 radical (unpaired) electrons. The van der Waals surface area contributed by atoms with Crippen LogP contribution in [0.3, 0.4) is 0 Å². The number of rotatable bonds is 9. The predicted molar refractivity (Wildman–Crippen MR) is 131 cm³/mol. The first-order chi connectivity index (χ1) is 16.4. The van der Waals surface area contributed by atoms with E-state index in [-0.39, 0.29) is 30.0 Å². The first-order valence-electron chi connectivity index (χ1n) is 11.2. The SMILES string of the molecule is COc1ccccc1C(=O)NC(CCSC)C(=O)N1CCN(C(=O)Cc2ccc(F)cc2)CC1. The van der Waals surface area contributed by atoms with Crippen LogP contribution in [-0.2, 0) is 16.0 Å². The maximum Gasteiger partial charge on any atom is 0.255 e. The summed E-state index contributed by atoms with van der Waals surface area (Å²) < 4.78 is 18.4. The van der Waals surface area contributed by atoms with Gasteiger partial charge in [0.2, 0.25) is 11.8 Å². The summed E-state index contributed by atoms with van der Waals surface area (Å²) in [5.41, 5.74) is 1.13. The molecule has 0 aromatic heterocycles. The summed E-state index contributed by atoms with van der Waals surface area (Å²) in [7, 11) is 1.50. The number of hydrogen-bond acceptors (Lipinski definition) is 5. The summed E-state index contributed by atoms with van der Waals surface area (Å²) in [6.07, 6.45) is 2.65. The van der Waals surface area contributed by atoms with E-state index in [1.165, 1.54) is 19.2 Å². The molecule has 1 aliphatic rings. The van der Waals surface area contributed by atoms with Gasteiger partial charge in [0, 0.05) is 26.2 Å². The summed E-state index contributed by atoms with van der Waals surface area (Å²) in [6, 6.07) is 12.1. The van der Waals surface area contributed by atoms with Crippen LogP contribution in [0.2, 0.25) is 0 Å². The van der Waals surface area contributed by atoms with Gasteiger partial charge in [-0.05, 0) is 48.3 Å². The maximum atomic E-state index is 13.3. The molecule has 1 unspecified atom stereocenters. The van der Waals surface area contributed by atoms with Crippen molar-refractivity contribution in [2.45, 2.75) is 18.9 Å². The number of carbonyl (C=O) groups excluding carboxylic acids is 3. The number of thioether (sulfide) groups is 1. The number of nitrogens with zero attached hydrogens (tertiary/aromatic N) is 2. The standard InChI is InChI=1S/C25H30FN3O4S/c1-33-22-6-4-3-5-20(22)24(31)27-21(11-16-34-2)25(32)29-14-12-28(13-15-29)23(30)17-18-7-9-19(26)10-8-18/h3-10,21H,11-17H2,1-2H3,(H,27,31). The number of carbonyl (C=O) groups is 3. The number of piperazine rings is 1. The molecule has 1 atom stereocenters. The number of amides is 3. The molecule has 2 aromatic carbocycles. The lowest BCUT2D eigenvalue weighted by Gasteiger charge is -2.36. The first-order valence-corrected chi connectivity index (χ1v) is 12.6. The molecule has 7 nitrogen and oxygen atoms in total. The van der Waals surface area contributed by atoms with E-state index >= 15 is 0 Å². The number of halogens is 1. The van der Waals surface area contributed by atoms with Crippen LogP contribution in [0.4, 0.5) is 4.39 Å². The van der Waals surface area contributed by atoms with Crippen molar-refractivity contribution >= 4 is 29.5 Å². The van der Waals surface area contributed by atoms with Crippen molar-refractivity contribution in [1.29, 1.82) is 0 Å². The smallest absolute Gasteiger partial charge is 0.255 e. The van der Waals surface area contributed by atoms with Gasteiger partial charge in [-0.2, -0.15) is 11.8 Å². The minimum atomic E-state index is -0.661. The van der Waals surface area contributed by atoms with Gasteiger partial charge in [-0.15, -0.1) is 0 Å². The summed E-state index contributed by atoms with van der Waals surface area (Å²) in [5.74, 6) is 0.273. The van der Waals surface area contributed by atoms with Crippen LogP contribution >= 0.6 is 11.8 Å². The van der Waals surface area contributed by atoms with Crippen LogP contribution in [-0.4, -0.2) is 78.9 Å². The van der Waals surface area contributed by atoms with Crippen LogP contribution < -0.4 is 10.1 Å². The lowest BCUT2D eigenvalue weighted by Crippen LogP contribution is -2.56. The highest BCUT2D eigenvalue weighted by Gasteiger charge is 2.30. The van der Waals surface area contributed by atoms with Gasteiger partial charge >= 0.3 is 0 Å². The van der Waals surface area contributed by atoms with Gasteiger partial charge in [-0.3, -0.25) is 14.4 Å². The van der Waals surface area contributed by atoms with E-state index < -0.39 is 6.04 Å². The Kier molecular flexibility index (Phi) is 9.33. The minimum Gasteiger partial charge on any atom is -0.496 e. The molecule has 34 heavy (non-hydrogen) atoms. The lowest BCUT2D eigenvalue weighted by atomic mass is 10.1. The van der Waals surface area contributed by atoms with Gasteiger partial charge in [0.1, 0.15) is 17.6 Å². The van der Waals surface area contributed by atoms with Crippen LogP contribution in [0.25, 0.3) is 0 Å². The number of hydrogen-bond donors (Lipinski definition) is 1. The molecule has 1 N–H and O–H groups in total. The van der Waals surface area contributed by atoms with Crippen LogP contribution in [0.15, 0.2) is 48.5 Å². The molecule has 0 bridgehead atoms. The Morgan fingerprint density at radius 2 is 1.68 bits per heavy atom. The molecule has 1 saturated heterocycles. The molecule has 1 fully saturated rings. The van der Waals surface area contributed by atoms with Crippen LogP contribution in [0.5, 0.6) is 5.75 Å². The third-order valence-corrected chi connectivity index (χ3v) is 6.42. The zero-order valence-electron chi connectivity index (χ0n) is 19.5. The third-order valence-electron chi connectivity index (χ3n) is 5.78. The van der Waals surface area contributed by atoms with Crippen LogP contribution in [0, 0.1) is 5.82 Å². The number of benzene rings is 2. The van der Waals surface area contributed by atoms with Gasteiger partial charge in [0.15, 0.2) is 0 Å². The van der Waals surface area contributed by atoms with E-state index in [4.69, 9.17) is 4.74 Å². The lowest BCUT2D eigenvalue weighted by molar-refractivity contribution is -0.140. The van der Waals surface area contributed by atoms with E-state index in [1.807, 2.05) is 6.26 Å². The van der Waals surface area contributed by atoms with E-state index in [2.05, 4.69) is 5.32 Å². The number of para-hydroxylation sites is 1. The summed E-state index contributed by atoms with van der Waals surface area (Å²) in [6.45, 7) is 1.63. The zero-order valence-corrected chi connectivity index (χ0v) is 20.3. The monoisotopic (exact) mass is 487 g/mol. The molecule has 9 heteroatoms. The fourth-order valence-corrected chi connectivity index (χ4v) is 4.32.